The molecule has 0 spiro atoms. The predicted octanol–water partition coefficient (Wildman–Crippen LogP) is 4.24. The first-order valence-corrected chi connectivity index (χ1v) is 10.0. The van der Waals surface area contributed by atoms with Crippen molar-refractivity contribution in [3.8, 4) is 33.5 Å². The normalized spacial score (nSPS) is 10.9. The number of aromatic nitrogens is 4. The van der Waals surface area contributed by atoms with Gasteiger partial charge in [0.1, 0.15) is 17.7 Å². The standard InChI is InChI=1S/C21H16F2N4O4S/c1-29-16-8-13(9-17(30-2)19(16)31-21(22)23)18(28)14-4-3-12(20-25-5-6-32-20)7-15(14)27-11-24-10-26-27/h3-11,21H,1-2H3. The molecule has 4 aromatic rings. The van der Waals surface area contributed by atoms with E-state index in [1.165, 1.54) is 55.0 Å². The highest BCUT2D eigenvalue weighted by molar-refractivity contribution is 7.13. The van der Waals surface area contributed by atoms with Crippen molar-refractivity contribution in [2.45, 2.75) is 6.61 Å². The number of alkyl halides is 2. The Morgan fingerprint density at radius 1 is 1.12 bits per heavy atom. The smallest absolute Gasteiger partial charge is 0.387 e. The van der Waals surface area contributed by atoms with Gasteiger partial charge in [-0.2, -0.15) is 13.9 Å². The molecule has 0 fully saturated rings. The number of carbonyl (C=O) groups excluding carboxylic acids is 1. The summed E-state index contributed by atoms with van der Waals surface area (Å²) < 4.78 is 41.9. The van der Waals surface area contributed by atoms with Crippen molar-refractivity contribution in [1.82, 2.24) is 19.7 Å². The van der Waals surface area contributed by atoms with Crippen LogP contribution in [0.15, 0.2) is 54.6 Å². The Morgan fingerprint density at radius 3 is 2.44 bits per heavy atom. The van der Waals surface area contributed by atoms with Crippen LogP contribution in [-0.2, 0) is 0 Å². The van der Waals surface area contributed by atoms with Gasteiger partial charge in [-0.1, -0.05) is 6.07 Å². The van der Waals surface area contributed by atoms with E-state index in [4.69, 9.17) is 9.47 Å². The SMILES string of the molecule is COc1cc(C(=O)c2ccc(-c3nccs3)cc2-n2cncn2)cc(OC)c1OC(F)F. The summed E-state index contributed by atoms with van der Waals surface area (Å²) in [5.41, 5.74) is 1.75. The van der Waals surface area contributed by atoms with Crippen LogP contribution >= 0.6 is 11.3 Å². The number of thiazole rings is 1. The van der Waals surface area contributed by atoms with Crippen LogP contribution in [0.3, 0.4) is 0 Å². The molecule has 0 amide bonds. The molecule has 0 unspecified atom stereocenters. The molecule has 0 aliphatic carbocycles. The van der Waals surface area contributed by atoms with Crippen molar-refractivity contribution in [2.24, 2.45) is 0 Å². The van der Waals surface area contributed by atoms with Crippen molar-refractivity contribution >= 4 is 17.1 Å². The number of benzene rings is 2. The summed E-state index contributed by atoms with van der Waals surface area (Å²) in [7, 11) is 2.57. The highest BCUT2D eigenvalue weighted by atomic mass is 32.1. The number of nitrogens with zero attached hydrogens (tertiary/aromatic N) is 4. The molecule has 2 aromatic carbocycles. The highest BCUT2D eigenvalue weighted by Gasteiger charge is 2.23. The Kier molecular flexibility index (Phi) is 6.08. The second kappa shape index (κ2) is 9.10. The van der Waals surface area contributed by atoms with Crippen LogP contribution in [0, 0.1) is 0 Å². The lowest BCUT2D eigenvalue weighted by Gasteiger charge is -2.16. The van der Waals surface area contributed by atoms with Gasteiger partial charge < -0.3 is 14.2 Å². The van der Waals surface area contributed by atoms with Gasteiger partial charge in [0.25, 0.3) is 0 Å². The van der Waals surface area contributed by atoms with Gasteiger partial charge in [-0.15, -0.1) is 11.3 Å². The van der Waals surface area contributed by atoms with Gasteiger partial charge in [0.15, 0.2) is 17.3 Å². The highest BCUT2D eigenvalue weighted by Crippen LogP contribution is 2.40. The van der Waals surface area contributed by atoms with Gasteiger partial charge in [-0.25, -0.2) is 14.6 Å². The van der Waals surface area contributed by atoms with E-state index in [-0.39, 0.29) is 22.8 Å². The molecule has 2 aromatic heterocycles. The van der Waals surface area contributed by atoms with Crippen LogP contribution in [-0.4, -0.2) is 46.4 Å². The van der Waals surface area contributed by atoms with Gasteiger partial charge >= 0.3 is 6.61 Å². The molecule has 4 rings (SSSR count). The number of ether oxygens (including phenoxy) is 3. The zero-order chi connectivity index (χ0) is 22.7. The van der Waals surface area contributed by atoms with E-state index < -0.39 is 12.4 Å². The topological polar surface area (TPSA) is 88.4 Å². The maximum absolute atomic E-state index is 13.5. The first kappa shape index (κ1) is 21.4. The molecular weight excluding hydrogens is 442 g/mol. The molecular formula is C21H16F2N4O4S. The monoisotopic (exact) mass is 458 g/mol. The van der Waals surface area contributed by atoms with Crippen LogP contribution in [0.4, 0.5) is 8.78 Å². The van der Waals surface area contributed by atoms with Gasteiger partial charge in [-0.05, 0) is 24.3 Å². The minimum atomic E-state index is -3.09. The molecule has 0 saturated heterocycles. The van der Waals surface area contributed by atoms with E-state index in [1.807, 2.05) is 5.38 Å². The molecule has 0 N–H and O–H groups in total. The number of carbonyl (C=O) groups is 1. The van der Waals surface area contributed by atoms with Gasteiger partial charge in [0.05, 0.1) is 19.9 Å². The minimum absolute atomic E-state index is 0.0605. The molecule has 8 nitrogen and oxygen atoms in total. The molecule has 0 radical (unpaired) electrons. The molecule has 32 heavy (non-hydrogen) atoms. The molecule has 11 heteroatoms. The molecule has 0 bridgehead atoms. The van der Waals surface area contributed by atoms with E-state index in [9.17, 15) is 13.6 Å². The Hall–Kier alpha value is -3.86. The third-order valence-corrected chi connectivity index (χ3v) is 5.34. The Morgan fingerprint density at radius 2 is 1.88 bits per heavy atom. The summed E-state index contributed by atoms with van der Waals surface area (Å²) in [6.45, 7) is -3.09. The summed E-state index contributed by atoms with van der Waals surface area (Å²) in [4.78, 5) is 21.7. The number of hydrogen-bond acceptors (Lipinski definition) is 8. The largest absolute Gasteiger partial charge is 0.493 e. The maximum Gasteiger partial charge on any atom is 0.387 e. The summed E-state index contributed by atoms with van der Waals surface area (Å²) in [5, 5.41) is 6.78. The molecule has 0 atom stereocenters. The first-order chi connectivity index (χ1) is 15.5. The zero-order valence-corrected chi connectivity index (χ0v) is 17.7. The zero-order valence-electron chi connectivity index (χ0n) is 16.9. The Bertz CT molecular complexity index is 1210. The number of halogens is 2. The molecule has 164 valence electrons. The number of methoxy groups -OCH3 is 2. The first-order valence-electron chi connectivity index (χ1n) is 9.16. The Labute approximate surface area is 185 Å². The van der Waals surface area contributed by atoms with Gasteiger partial charge in [0.2, 0.25) is 5.75 Å². The fraction of sp³-hybridized carbons (Fsp3) is 0.143. The predicted molar refractivity (Wildman–Crippen MR) is 112 cm³/mol. The van der Waals surface area contributed by atoms with E-state index in [0.717, 1.165) is 10.6 Å². The van der Waals surface area contributed by atoms with Crippen LogP contribution in [0.25, 0.3) is 16.3 Å². The summed E-state index contributed by atoms with van der Waals surface area (Å²) >= 11 is 1.46. The summed E-state index contributed by atoms with van der Waals surface area (Å²) in [6, 6.07) is 7.85. The summed E-state index contributed by atoms with van der Waals surface area (Å²) in [6.07, 6.45) is 4.51. The van der Waals surface area contributed by atoms with Crippen LogP contribution in [0.1, 0.15) is 15.9 Å². The van der Waals surface area contributed by atoms with Crippen molar-refractivity contribution < 1.29 is 27.8 Å². The fourth-order valence-electron chi connectivity index (χ4n) is 3.12. The van der Waals surface area contributed by atoms with Crippen molar-refractivity contribution in [3.63, 3.8) is 0 Å². The van der Waals surface area contributed by atoms with Crippen LogP contribution in [0.5, 0.6) is 17.2 Å². The van der Waals surface area contributed by atoms with E-state index in [1.54, 1.807) is 24.4 Å². The van der Waals surface area contributed by atoms with Crippen molar-refractivity contribution in [3.05, 3.63) is 65.7 Å². The van der Waals surface area contributed by atoms with Crippen LogP contribution < -0.4 is 14.2 Å². The van der Waals surface area contributed by atoms with Crippen molar-refractivity contribution in [2.75, 3.05) is 14.2 Å². The van der Waals surface area contributed by atoms with Crippen LogP contribution in [0.2, 0.25) is 0 Å². The van der Waals surface area contributed by atoms with Gasteiger partial charge in [0, 0.05) is 28.3 Å². The molecule has 0 saturated carbocycles. The quantitative estimate of drug-likeness (QED) is 0.365. The average molecular weight is 458 g/mol. The summed E-state index contributed by atoms with van der Waals surface area (Å²) in [5.74, 6) is -0.817. The van der Waals surface area contributed by atoms with Crippen molar-refractivity contribution in [1.29, 1.82) is 0 Å². The molecule has 2 heterocycles. The lowest BCUT2D eigenvalue weighted by atomic mass is 9.99. The fourth-order valence-corrected chi connectivity index (χ4v) is 3.75. The van der Waals surface area contributed by atoms with E-state index in [0.29, 0.717) is 11.3 Å². The lowest BCUT2D eigenvalue weighted by Crippen LogP contribution is -2.10. The number of ketones is 1. The third-order valence-electron chi connectivity index (χ3n) is 4.52. The molecule has 0 aliphatic rings. The van der Waals surface area contributed by atoms with E-state index in [2.05, 4.69) is 19.8 Å². The number of hydrogen-bond donors (Lipinski definition) is 0. The third kappa shape index (κ3) is 4.14. The number of rotatable bonds is 8. The van der Waals surface area contributed by atoms with E-state index >= 15 is 0 Å². The second-order valence-corrected chi connectivity index (χ2v) is 7.22. The minimum Gasteiger partial charge on any atom is -0.493 e. The second-order valence-electron chi connectivity index (χ2n) is 6.33. The molecule has 0 aliphatic heterocycles. The average Bonchev–Trinajstić information content (AvgIpc) is 3.52. The van der Waals surface area contributed by atoms with Gasteiger partial charge in [-0.3, -0.25) is 4.79 Å². The maximum atomic E-state index is 13.5. The Balaban J connectivity index is 1.82. The lowest BCUT2D eigenvalue weighted by molar-refractivity contribution is -0.0526.